The molecule has 0 fully saturated rings. The van der Waals surface area contributed by atoms with Gasteiger partial charge in [-0.3, -0.25) is 0 Å². The van der Waals surface area contributed by atoms with Crippen molar-refractivity contribution in [1.82, 2.24) is 15.0 Å². The van der Waals surface area contributed by atoms with Gasteiger partial charge in [0, 0.05) is 30.2 Å². The Labute approximate surface area is 184 Å². The molecule has 8 heteroatoms. The Morgan fingerprint density at radius 2 is 1.59 bits per heavy atom. The lowest BCUT2D eigenvalue weighted by molar-refractivity contribution is 0.262. The first-order valence-corrected chi connectivity index (χ1v) is 9.99. The Balaban J connectivity index is 1.44. The maximum absolute atomic E-state index is 13.0. The van der Waals surface area contributed by atoms with Gasteiger partial charge in [0.25, 0.3) is 0 Å². The minimum Gasteiger partial charge on any atom is -0.438 e. The van der Waals surface area contributed by atoms with Gasteiger partial charge in [-0.05, 0) is 66.7 Å². The number of hydrogen-bond donors (Lipinski definition) is 2. The number of nitrogens with zero attached hydrogens (tertiary/aromatic N) is 3. The summed E-state index contributed by atoms with van der Waals surface area (Å²) < 4.78 is 18.9. The fourth-order valence-corrected chi connectivity index (χ4v) is 2.93. The largest absolute Gasteiger partial charge is 0.438 e. The molecule has 2 N–H and O–H groups in total. The van der Waals surface area contributed by atoms with Crippen LogP contribution in [0.25, 0.3) is 11.3 Å². The van der Waals surface area contributed by atoms with Crippen molar-refractivity contribution in [3.05, 3.63) is 90.8 Å². The Morgan fingerprint density at radius 1 is 0.906 bits per heavy atom. The molecule has 0 spiro atoms. The molecule has 4 rings (SSSR count). The van der Waals surface area contributed by atoms with Gasteiger partial charge < -0.3 is 15.4 Å². The topological polar surface area (TPSA) is 89.0 Å². The molecule has 32 heavy (non-hydrogen) atoms. The summed E-state index contributed by atoms with van der Waals surface area (Å²) in [5.74, 6) is 1.35. The number of pyridine rings is 1. The zero-order chi connectivity index (χ0) is 22.3. The van der Waals surface area contributed by atoms with Crippen LogP contribution in [-0.2, 0) is 6.42 Å². The number of nitrogens with one attached hydrogen (secondary N) is 2. The molecular formula is C24H20FN5O2. The van der Waals surface area contributed by atoms with Gasteiger partial charge in [0.2, 0.25) is 5.88 Å². The van der Waals surface area contributed by atoms with Crippen molar-refractivity contribution < 1.29 is 13.9 Å². The number of rotatable bonds is 6. The van der Waals surface area contributed by atoms with E-state index < -0.39 is 6.03 Å². The first-order chi connectivity index (χ1) is 15.6. The predicted octanol–water partition coefficient (Wildman–Crippen LogP) is 5.68. The highest BCUT2D eigenvalue weighted by molar-refractivity contribution is 5.99. The van der Waals surface area contributed by atoms with E-state index in [0.29, 0.717) is 23.0 Å². The molecule has 0 saturated carbocycles. The Kier molecular flexibility index (Phi) is 6.31. The number of ether oxygens (including phenoxy) is 1. The molecule has 0 radical (unpaired) electrons. The molecule has 7 nitrogen and oxygen atoms in total. The number of aryl methyl sites for hydroxylation is 1. The molecule has 2 aromatic heterocycles. The van der Waals surface area contributed by atoms with E-state index >= 15 is 0 Å². The fraction of sp³-hybridized carbons (Fsp3) is 0.0833. The van der Waals surface area contributed by atoms with Crippen LogP contribution in [0.3, 0.4) is 0 Å². The molecule has 0 aliphatic carbocycles. The lowest BCUT2D eigenvalue weighted by atomic mass is 10.2. The maximum atomic E-state index is 13.0. The van der Waals surface area contributed by atoms with Crippen molar-refractivity contribution in [2.45, 2.75) is 13.3 Å². The van der Waals surface area contributed by atoms with Gasteiger partial charge in [0.1, 0.15) is 17.4 Å². The number of halogens is 1. The van der Waals surface area contributed by atoms with Crippen LogP contribution < -0.4 is 15.4 Å². The lowest BCUT2D eigenvalue weighted by Gasteiger charge is -2.11. The summed E-state index contributed by atoms with van der Waals surface area (Å²) in [4.78, 5) is 25.2. The van der Waals surface area contributed by atoms with Crippen molar-refractivity contribution in [3.63, 3.8) is 0 Å². The zero-order valence-corrected chi connectivity index (χ0v) is 17.2. The second-order valence-electron chi connectivity index (χ2n) is 6.78. The lowest BCUT2D eigenvalue weighted by Crippen LogP contribution is -2.19. The predicted molar refractivity (Wildman–Crippen MR) is 120 cm³/mol. The van der Waals surface area contributed by atoms with Crippen LogP contribution in [0.5, 0.6) is 11.6 Å². The molecule has 0 aliphatic rings. The van der Waals surface area contributed by atoms with E-state index in [1.54, 1.807) is 36.7 Å². The highest BCUT2D eigenvalue weighted by Crippen LogP contribution is 2.30. The van der Waals surface area contributed by atoms with E-state index in [0.717, 1.165) is 23.5 Å². The molecule has 4 aromatic rings. The number of urea groups is 1. The standard InChI is InChI=1S/C24H20FN5O2/c1-2-22-26-15-13-21(30-22)20-4-3-14-27-23(20)32-19-11-9-18(10-12-19)29-24(31)28-17-7-5-16(25)6-8-17/h3-15H,2H2,1H3,(H2,28,29,31). The van der Waals surface area contributed by atoms with E-state index in [1.807, 2.05) is 25.1 Å². The van der Waals surface area contributed by atoms with Crippen LogP contribution >= 0.6 is 0 Å². The van der Waals surface area contributed by atoms with Gasteiger partial charge in [0.05, 0.1) is 11.3 Å². The second-order valence-corrected chi connectivity index (χ2v) is 6.78. The second kappa shape index (κ2) is 9.65. The highest BCUT2D eigenvalue weighted by Gasteiger charge is 2.11. The molecule has 0 saturated heterocycles. The van der Waals surface area contributed by atoms with Gasteiger partial charge in [0.15, 0.2) is 0 Å². The quantitative estimate of drug-likeness (QED) is 0.412. The molecule has 2 aromatic carbocycles. The van der Waals surface area contributed by atoms with Crippen molar-refractivity contribution in [1.29, 1.82) is 0 Å². The minimum absolute atomic E-state index is 0.367. The van der Waals surface area contributed by atoms with Gasteiger partial charge in [-0.1, -0.05) is 6.92 Å². The normalized spacial score (nSPS) is 10.4. The summed E-state index contributed by atoms with van der Waals surface area (Å²) in [6, 6.07) is 17.5. The van der Waals surface area contributed by atoms with E-state index in [-0.39, 0.29) is 5.82 Å². The summed E-state index contributed by atoms with van der Waals surface area (Å²) in [5.41, 5.74) is 2.55. The molecule has 0 atom stereocenters. The van der Waals surface area contributed by atoms with Crippen molar-refractivity contribution in [2.75, 3.05) is 10.6 Å². The number of carbonyl (C=O) groups is 1. The van der Waals surface area contributed by atoms with Crippen LogP contribution in [0, 0.1) is 5.82 Å². The summed E-state index contributed by atoms with van der Waals surface area (Å²) in [7, 11) is 0. The molecule has 0 bridgehead atoms. The monoisotopic (exact) mass is 429 g/mol. The molecule has 160 valence electrons. The van der Waals surface area contributed by atoms with Crippen LogP contribution in [0.15, 0.2) is 79.1 Å². The molecule has 0 unspecified atom stereocenters. The summed E-state index contributed by atoms with van der Waals surface area (Å²) in [5, 5.41) is 5.35. The van der Waals surface area contributed by atoms with E-state index in [4.69, 9.17) is 4.74 Å². The van der Waals surface area contributed by atoms with Gasteiger partial charge in [-0.15, -0.1) is 0 Å². The number of anilines is 2. The summed E-state index contributed by atoms with van der Waals surface area (Å²) in [6.45, 7) is 2.00. The third kappa shape index (κ3) is 5.23. The average molecular weight is 429 g/mol. The smallest absolute Gasteiger partial charge is 0.323 e. The van der Waals surface area contributed by atoms with Crippen LogP contribution in [0.2, 0.25) is 0 Å². The van der Waals surface area contributed by atoms with Crippen LogP contribution in [0.1, 0.15) is 12.7 Å². The minimum atomic E-state index is -0.437. The fourth-order valence-electron chi connectivity index (χ4n) is 2.93. The zero-order valence-electron chi connectivity index (χ0n) is 17.2. The Bertz CT molecular complexity index is 1210. The third-order valence-electron chi connectivity index (χ3n) is 4.50. The number of aromatic nitrogens is 3. The molecular weight excluding hydrogens is 409 g/mol. The summed E-state index contributed by atoms with van der Waals surface area (Å²) >= 11 is 0. The SMILES string of the molecule is CCc1nccc(-c2cccnc2Oc2ccc(NC(=O)Nc3ccc(F)cc3)cc2)n1. The Hall–Kier alpha value is -4.33. The van der Waals surface area contributed by atoms with Gasteiger partial charge in [-0.25, -0.2) is 24.1 Å². The van der Waals surface area contributed by atoms with Crippen LogP contribution in [0.4, 0.5) is 20.6 Å². The molecule has 0 aliphatic heterocycles. The number of benzene rings is 2. The molecule has 2 heterocycles. The number of hydrogen-bond acceptors (Lipinski definition) is 5. The van der Waals surface area contributed by atoms with E-state index in [1.165, 1.54) is 24.3 Å². The maximum Gasteiger partial charge on any atom is 0.323 e. The first kappa shape index (κ1) is 20.9. The Morgan fingerprint density at radius 3 is 2.28 bits per heavy atom. The van der Waals surface area contributed by atoms with Crippen LogP contribution in [-0.4, -0.2) is 21.0 Å². The third-order valence-corrected chi connectivity index (χ3v) is 4.50. The average Bonchev–Trinajstić information content (AvgIpc) is 2.82. The number of amides is 2. The van der Waals surface area contributed by atoms with Crippen molar-refractivity contribution in [3.8, 4) is 22.9 Å². The molecule has 2 amide bonds. The van der Waals surface area contributed by atoms with E-state index in [2.05, 4.69) is 25.6 Å². The van der Waals surface area contributed by atoms with Crippen molar-refractivity contribution >= 4 is 17.4 Å². The van der Waals surface area contributed by atoms with Gasteiger partial charge in [-0.2, -0.15) is 0 Å². The van der Waals surface area contributed by atoms with Crippen molar-refractivity contribution in [2.24, 2.45) is 0 Å². The van der Waals surface area contributed by atoms with E-state index in [9.17, 15) is 9.18 Å². The first-order valence-electron chi connectivity index (χ1n) is 9.99. The van der Waals surface area contributed by atoms with Gasteiger partial charge >= 0.3 is 6.03 Å². The summed E-state index contributed by atoms with van der Waals surface area (Å²) in [6.07, 6.45) is 4.10. The highest BCUT2D eigenvalue weighted by atomic mass is 19.1. The number of carbonyl (C=O) groups excluding carboxylic acids is 1.